The molecule has 2 aromatic heterocycles. The fourth-order valence-corrected chi connectivity index (χ4v) is 4.87. The van der Waals surface area contributed by atoms with Crippen LogP contribution in [0.5, 0.6) is 5.75 Å². The third-order valence-electron chi connectivity index (χ3n) is 6.60. The predicted molar refractivity (Wildman–Crippen MR) is 139 cm³/mol. The van der Waals surface area contributed by atoms with Gasteiger partial charge in [0.2, 0.25) is 5.78 Å². The molecule has 0 radical (unpaired) electrons. The van der Waals surface area contributed by atoms with Crippen molar-refractivity contribution in [1.82, 2.24) is 9.97 Å². The number of phenolic OH excluding ortho intramolecular Hbond substituents is 1. The Kier molecular flexibility index (Phi) is 5.34. The number of Topliss-reactive ketones (excluding diaryl/α,β-unsaturated/α-hetero) is 1. The number of aromatic nitrogens is 2. The number of benzene rings is 3. The van der Waals surface area contributed by atoms with Crippen molar-refractivity contribution in [1.29, 1.82) is 0 Å². The monoisotopic (exact) mass is 474 g/mol. The van der Waals surface area contributed by atoms with Crippen LogP contribution in [0.15, 0.2) is 79.0 Å². The Morgan fingerprint density at radius 2 is 1.69 bits per heavy atom. The van der Waals surface area contributed by atoms with Crippen molar-refractivity contribution in [2.45, 2.75) is 12.8 Å². The molecule has 2 heterocycles. The van der Waals surface area contributed by atoms with Gasteiger partial charge in [-0.15, -0.1) is 0 Å². The molecule has 36 heavy (non-hydrogen) atoms. The molecule has 0 aliphatic heterocycles. The number of allylic oxidation sites excluding steroid dienone is 1. The van der Waals surface area contributed by atoms with Crippen molar-refractivity contribution < 1.29 is 19.4 Å². The van der Waals surface area contributed by atoms with Crippen molar-refractivity contribution in [3.05, 3.63) is 107 Å². The van der Waals surface area contributed by atoms with Crippen LogP contribution in [0.2, 0.25) is 0 Å². The summed E-state index contributed by atoms with van der Waals surface area (Å²) in [6, 6.07) is 22.0. The van der Waals surface area contributed by atoms with E-state index in [0.29, 0.717) is 28.5 Å². The number of ether oxygens (including phenoxy) is 1. The molecule has 5 aromatic rings. The number of hydrogen-bond donors (Lipinski definition) is 2. The number of ketones is 1. The van der Waals surface area contributed by atoms with Crippen LogP contribution < -0.4 is 0 Å². The lowest BCUT2D eigenvalue weighted by molar-refractivity contribution is 0.0476. The zero-order chi connectivity index (χ0) is 24.6. The summed E-state index contributed by atoms with van der Waals surface area (Å²) >= 11 is 0. The van der Waals surface area contributed by atoms with Gasteiger partial charge in [0.1, 0.15) is 5.75 Å². The van der Waals surface area contributed by atoms with Gasteiger partial charge in [0.05, 0.1) is 16.8 Å². The third-order valence-corrected chi connectivity index (χ3v) is 6.60. The first-order chi connectivity index (χ1) is 17.6. The van der Waals surface area contributed by atoms with Crippen LogP contribution in [-0.2, 0) is 11.2 Å². The molecule has 6 rings (SSSR count). The summed E-state index contributed by atoms with van der Waals surface area (Å²) in [6.45, 7) is -0.345. The molecule has 6 heteroatoms. The number of aromatic amines is 1. The van der Waals surface area contributed by atoms with E-state index in [1.807, 2.05) is 66.7 Å². The summed E-state index contributed by atoms with van der Waals surface area (Å²) < 4.78 is 5.59. The van der Waals surface area contributed by atoms with Crippen LogP contribution in [0.3, 0.4) is 0 Å². The molecule has 0 saturated carbocycles. The molecule has 0 spiro atoms. The molecule has 2 N–H and O–H groups in total. The van der Waals surface area contributed by atoms with Gasteiger partial charge in [-0.25, -0.2) is 9.78 Å². The minimum absolute atomic E-state index is 0.209. The van der Waals surface area contributed by atoms with Crippen molar-refractivity contribution >= 4 is 45.2 Å². The van der Waals surface area contributed by atoms with Crippen LogP contribution in [-0.4, -0.2) is 33.4 Å². The van der Waals surface area contributed by atoms with E-state index in [9.17, 15) is 14.7 Å². The van der Waals surface area contributed by atoms with Gasteiger partial charge < -0.3 is 14.8 Å². The molecule has 0 saturated heterocycles. The fraction of sp³-hybridized carbons (Fsp3) is 0.100. The minimum Gasteiger partial charge on any atom is -0.508 e. The number of aromatic hydroxyl groups is 1. The van der Waals surface area contributed by atoms with Crippen LogP contribution in [0.25, 0.3) is 33.5 Å². The van der Waals surface area contributed by atoms with Crippen LogP contribution in [0, 0.1) is 0 Å². The van der Waals surface area contributed by atoms with Crippen molar-refractivity contribution in [3.8, 4) is 5.75 Å². The van der Waals surface area contributed by atoms with Gasteiger partial charge in [0.15, 0.2) is 6.61 Å². The van der Waals surface area contributed by atoms with Gasteiger partial charge in [-0.05, 0) is 59.9 Å². The molecule has 176 valence electrons. The Balaban J connectivity index is 1.34. The topological polar surface area (TPSA) is 92.3 Å². The SMILES string of the molecule is O=C(OCC(=O)c1c[nH]c2ccccc12)c1c2c(nc3ccccc13)/C(=C/c1ccc(O)cc1)CC2. The molecular weight excluding hydrogens is 452 g/mol. The molecule has 6 nitrogen and oxygen atoms in total. The number of rotatable bonds is 5. The molecule has 0 amide bonds. The lowest BCUT2D eigenvalue weighted by Gasteiger charge is -2.12. The Hall–Kier alpha value is -4.71. The molecule has 1 aliphatic rings. The number of fused-ring (bicyclic) bond motifs is 3. The maximum Gasteiger partial charge on any atom is 0.339 e. The van der Waals surface area contributed by atoms with Crippen molar-refractivity contribution in [3.63, 3.8) is 0 Å². The first-order valence-electron chi connectivity index (χ1n) is 11.8. The summed E-state index contributed by atoms with van der Waals surface area (Å²) in [4.78, 5) is 34.2. The highest BCUT2D eigenvalue weighted by atomic mass is 16.5. The quantitative estimate of drug-likeness (QED) is 0.243. The van der Waals surface area contributed by atoms with Gasteiger partial charge in [0.25, 0.3) is 0 Å². The lowest BCUT2D eigenvalue weighted by Crippen LogP contribution is -2.16. The Bertz CT molecular complexity index is 1680. The highest BCUT2D eigenvalue weighted by molar-refractivity contribution is 6.11. The largest absolute Gasteiger partial charge is 0.508 e. The Morgan fingerprint density at radius 1 is 0.944 bits per heavy atom. The first kappa shape index (κ1) is 21.8. The second-order valence-corrected chi connectivity index (χ2v) is 8.84. The number of nitrogens with one attached hydrogen (secondary N) is 1. The molecule has 0 bridgehead atoms. The maximum absolute atomic E-state index is 13.4. The number of para-hydroxylation sites is 2. The predicted octanol–water partition coefficient (Wildman–Crippen LogP) is 5.95. The lowest BCUT2D eigenvalue weighted by atomic mass is 10.0. The zero-order valence-corrected chi connectivity index (χ0v) is 19.3. The van der Waals surface area contributed by atoms with Crippen molar-refractivity contribution in [2.75, 3.05) is 6.61 Å². The molecule has 1 aliphatic carbocycles. The van der Waals surface area contributed by atoms with Crippen LogP contribution in [0.1, 0.15) is 44.0 Å². The van der Waals surface area contributed by atoms with E-state index >= 15 is 0 Å². The van der Waals surface area contributed by atoms with Crippen LogP contribution >= 0.6 is 0 Å². The average Bonchev–Trinajstić information content (AvgIpc) is 3.51. The highest BCUT2D eigenvalue weighted by Crippen LogP contribution is 2.38. The summed E-state index contributed by atoms with van der Waals surface area (Å²) in [6.07, 6.45) is 5.06. The van der Waals surface area contributed by atoms with E-state index in [4.69, 9.17) is 9.72 Å². The number of phenols is 1. The molecule has 0 atom stereocenters. The standard InChI is InChI=1S/C30H22N2O4/c33-20-12-9-18(10-13-20)15-19-11-14-23-28(22-6-2-4-8-26(22)32-29(19)23)30(35)36-17-27(34)24-16-31-25-7-3-1-5-21(24)25/h1-10,12-13,15-16,31,33H,11,14,17H2/b19-15+. The molecule has 0 fully saturated rings. The van der Waals surface area contributed by atoms with E-state index in [2.05, 4.69) is 4.98 Å². The number of carbonyl (C=O) groups is 2. The van der Waals surface area contributed by atoms with Gasteiger partial charge in [-0.2, -0.15) is 0 Å². The summed E-state index contributed by atoms with van der Waals surface area (Å²) in [5, 5.41) is 11.1. The van der Waals surface area contributed by atoms with E-state index in [0.717, 1.165) is 39.7 Å². The van der Waals surface area contributed by atoms with E-state index in [1.165, 1.54) is 0 Å². The Morgan fingerprint density at radius 3 is 2.53 bits per heavy atom. The van der Waals surface area contributed by atoms with Crippen molar-refractivity contribution in [2.24, 2.45) is 0 Å². The Labute approximate surface area is 206 Å². The summed E-state index contributed by atoms with van der Waals surface area (Å²) in [5.41, 5.74) is 6.10. The second-order valence-electron chi connectivity index (χ2n) is 8.84. The van der Waals surface area contributed by atoms with Crippen LogP contribution in [0.4, 0.5) is 0 Å². The van der Waals surface area contributed by atoms with E-state index < -0.39 is 5.97 Å². The van der Waals surface area contributed by atoms with Gasteiger partial charge in [-0.3, -0.25) is 4.79 Å². The first-order valence-corrected chi connectivity index (χ1v) is 11.8. The third kappa shape index (κ3) is 3.82. The van der Waals surface area contributed by atoms with E-state index in [1.54, 1.807) is 18.3 Å². The number of pyridine rings is 1. The maximum atomic E-state index is 13.4. The number of H-pyrrole nitrogens is 1. The zero-order valence-electron chi connectivity index (χ0n) is 19.3. The number of nitrogens with zero attached hydrogens (tertiary/aromatic N) is 1. The minimum atomic E-state index is -0.524. The van der Waals surface area contributed by atoms with Gasteiger partial charge >= 0.3 is 5.97 Å². The summed E-state index contributed by atoms with van der Waals surface area (Å²) in [5.74, 6) is -0.576. The second kappa shape index (κ2) is 8.82. The van der Waals surface area contributed by atoms with E-state index in [-0.39, 0.29) is 18.1 Å². The summed E-state index contributed by atoms with van der Waals surface area (Å²) in [7, 11) is 0. The highest BCUT2D eigenvalue weighted by Gasteiger charge is 2.28. The normalized spacial score (nSPS) is 13.8. The number of carbonyl (C=O) groups excluding carboxylic acids is 2. The molecular formula is C30H22N2O4. The van der Waals surface area contributed by atoms with Gasteiger partial charge in [-0.1, -0.05) is 48.5 Å². The smallest absolute Gasteiger partial charge is 0.339 e. The molecule has 0 unspecified atom stereocenters. The van der Waals surface area contributed by atoms with Gasteiger partial charge in [0, 0.05) is 28.0 Å². The fourth-order valence-electron chi connectivity index (χ4n) is 4.87. The number of esters is 1. The molecule has 3 aromatic carbocycles. The number of hydrogen-bond acceptors (Lipinski definition) is 5. The average molecular weight is 475 g/mol.